The molecule has 0 aliphatic carbocycles. The first-order chi connectivity index (χ1) is 17.1. The molecule has 15 heteroatoms. The van der Waals surface area contributed by atoms with Crippen LogP contribution >= 0.6 is 22.8 Å². The molecule has 1 saturated heterocycles. The molecule has 1 aliphatic heterocycles. The van der Waals surface area contributed by atoms with E-state index in [1.807, 2.05) is 14.7 Å². The molecular formula is C21H48N3O9P3. The van der Waals surface area contributed by atoms with E-state index in [9.17, 15) is 13.7 Å². The second-order valence-corrected chi connectivity index (χ2v) is 14.2. The van der Waals surface area contributed by atoms with Gasteiger partial charge in [0.05, 0.1) is 39.6 Å². The Balaban J connectivity index is 3.15. The van der Waals surface area contributed by atoms with Crippen LogP contribution in [0.1, 0.15) is 41.5 Å². The normalized spacial score (nSPS) is 18.2. The van der Waals surface area contributed by atoms with E-state index < -0.39 is 22.8 Å². The van der Waals surface area contributed by atoms with Gasteiger partial charge in [0.25, 0.3) is 0 Å². The summed E-state index contributed by atoms with van der Waals surface area (Å²) in [7, 11) is -9.96. The standard InChI is InChI=1S/C21H48N3O9P3/c1-7-28-34(25,29-8-2)19-22-13-15-23(20-35(26,30-9-3)31-10-4)17-18-24(16-14-22)21-36(27,32-11-5)33-12-6/h7-21H2,1-6H3. The van der Waals surface area contributed by atoms with Crippen molar-refractivity contribution >= 4 is 22.8 Å². The number of hydrogen-bond acceptors (Lipinski definition) is 12. The molecule has 0 N–H and O–H groups in total. The molecule has 1 heterocycles. The largest absolute Gasteiger partial charge is 0.344 e. The Morgan fingerprint density at radius 3 is 0.722 bits per heavy atom. The molecule has 36 heavy (non-hydrogen) atoms. The monoisotopic (exact) mass is 579 g/mol. The minimum absolute atomic E-state index is 0.125. The zero-order valence-corrected chi connectivity index (χ0v) is 25.6. The number of rotatable bonds is 18. The SMILES string of the molecule is CCOP(=O)(CN1CCN(CP(=O)(OCC)OCC)CCN(CP(=O)(OCC)OCC)CC1)OCC. The highest BCUT2D eigenvalue weighted by molar-refractivity contribution is 7.54. The summed E-state index contributed by atoms with van der Waals surface area (Å²) < 4.78 is 72.8. The Morgan fingerprint density at radius 1 is 0.417 bits per heavy atom. The minimum atomic E-state index is -3.32. The first-order valence-electron chi connectivity index (χ1n) is 12.9. The van der Waals surface area contributed by atoms with Gasteiger partial charge in [0.15, 0.2) is 0 Å². The lowest BCUT2D eigenvalue weighted by atomic mass is 10.5. The zero-order chi connectivity index (χ0) is 27.1. The fourth-order valence-corrected chi connectivity index (χ4v) is 9.27. The maximum Gasteiger partial charge on any atom is 0.344 e. The summed E-state index contributed by atoms with van der Waals surface area (Å²) in [5.41, 5.74) is 0. The van der Waals surface area contributed by atoms with E-state index in [2.05, 4.69) is 0 Å². The van der Waals surface area contributed by atoms with Gasteiger partial charge in [-0.1, -0.05) is 0 Å². The van der Waals surface area contributed by atoms with E-state index in [1.165, 1.54) is 0 Å². The van der Waals surface area contributed by atoms with Crippen molar-refractivity contribution < 1.29 is 40.8 Å². The van der Waals surface area contributed by atoms with E-state index >= 15 is 0 Å². The van der Waals surface area contributed by atoms with Gasteiger partial charge in [0, 0.05) is 39.3 Å². The maximum atomic E-state index is 13.2. The highest BCUT2D eigenvalue weighted by atomic mass is 31.2. The summed E-state index contributed by atoms with van der Waals surface area (Å²) in [6, 6.07) is 0. The fraction of sp³-hybridized carbons (Fsp3) is 1.00. The molecule has 216 valence electrons. The molecular weight excluding hydrogens is 531 g/mol. The van der Waals surface area contributed by atoms with Crippen LogP contribution in [0.3, 0.4) is 0 Å². The molecule has 1 fully saturated rings. The molecule has 0 aromatic rings. The first kappa shape index (κ1) is 34.4. The van der Waals surface area contributed by atoms with Gasteiger partial charge < -0.3 is 27.1 Å². The third-order valence-corrected chi connectivity index (χ3v) is 11.4. The van der Waals surface area contributed by atoms with Crippen molar-refractivity contribution in [1.82, 2.24) is 14.7 Å². The van der Waals surface area contributed by atoms with Crippen LogP contribution in [-0.2, 0) is 40.8 Å². The quantitative estimate of drug-likeness (QED) is 0.212. The Hall–Kier alpha value is 0.330. The van der Waals surface area contributed by atoms with Crippen LogP contribution in [0, 0.1) is 0 Å². The lowest BCUT2D eigenvalue weighted by molar-refractivity contribution is 0.179. The lowest BCUT2D eigenvalue weighted by Crippen LogP contribution is -2.37. The van der Waals surface area contributed by atoms with Gasteiger partial charge in [0.2, 0.25) is 0 Å². The molecule has 0 aromatic carbocycles. The second-order valence-electron chi connectivity index (χ2n) is 8.12. The van der Waals surface area contributed by atoms with E-state index in [1.54, 1.807) is 41.5 Å². The van der Waals surface area contributed by atoms with Gasteiger partial charge in [-0.3, -0.25) is 28.4 Å². The summed E-state index contributed by atoms with van der Waals surface area (Å²) in [6.45, 7) is 15.7. The van der Waals surface area contributed by atoms with Crippen LogP contribution in [0.5, 0.6) is 0 Å². The predicted molar refractivity (Wildman–Crippen MR) is 142 cm³/mol. The number of nitrogens with zero attached hydrogens (tertiary/aromatic N) is 3. The molecule has 1 rings (SSSR count). The molecule has 0 bridgehead atoms. The van der Waals surface area contributed by atoms with Crippen molar-refractivity contribution in [2.75, 3.05) is 97.8 Å². The predicted octanol–water partition coefficient (Wildman–Crippen LogP) is 4.58. The van der Waals surface area contributed by atoms with Crippen LogP contribution in [0.4, 0.5) is 0 Å². The smallest absolute Gasteiger partial charge is 0.308 e. The summed E-state index contributed by atoms with van der Waals surface area (Å²) >= 11 is 0. The number of hydrogen-bond donors (Lipinski definition) is 0. The van der Waals surface area contributed by atoms with Crippen molar-refractivity contribution in [3.05, 3.63) is 0 Å². The molecule has 0 spiro atoms. The van der Waals surface area contributed by atoms with Crippen molar-refractivity contribution in [2.45, 2.75) is 41.5 Å². The lowest BCUT2D eigenvalue weighted by Gasteiger charge is -2.29. The van der Waals surface area contributed by atoms with Crippen LogP contribution < -0.4 is 0 Å². The van der Waals surface area contributed by atoms with Crippen molar-refractivity contribution in [3.63, 3.8) is 0 Å². The Bertz CT molecular complexity index is 610. The van der Waals surface area contributed by atoms with E-state index in [-0.39, 0.29) is 58.5 Å². The third-order valence-electron chi connectivity index (χ3n) is 5.27. The molecule has 0 aromatic heterocycles. The highest BCUT2D eigenvalue weighted by Gasteiger charge is 2.33. The highest BCUT2D eigenvalue weighted by Crippen LogP contribution is 2.50. The molecule has 12 nitrogen and oxygen atoms in total. The first-order valence-corrected chi connectivity index (χ1v) is 18.1. The van der Waals surface area contributed by atoms with Crippen molar-refractivity contribution in [3.8, 4) is 0 Å². The Kier molecular flexibility index (Phi) is 17.0. The summed E-state index contributed by atoms with van der Waals surface area (Å²) in [5, 5.41) is 0. The molecule has 0 unspecified atom stereocenters. The zero-order valence-electron chi connectivity index (χ0n) is 23.0. The van der Waals surface area contributed by atoms with Gasteiger partial charge >= 0.3 is 22.8 Å². The molecule has 0 amide bonds. The van der Waals surface area contributed by atoms with Crippen molar-refractivity contribution in [1.29, 1.82) is 0 Å². The van der Waals surface area contributed by atoms with Crippen LogP contribution in [0.25, 0.3) is 0 Å². The van der Waals surface area contributed by atoms with E-state index in [4.69, 9.17) is 27.1 Å². The second kappa shape index (κ2) is 17.8. The van der Waals surface area contributed by atoms with Gasteiger partial charge in [-0.15, -0.1) is 0 Å². The maximum absolute atomic E-state index is 13.2. The van der Waals surface area contributed by atoms with E-state index in [0.29, 0.717) is 39.3 Å². The van der Waals surface area contributed by atoms with Gasteiger partial charge in [-0.05, 0) is 41.5 Å². The average molecular weight is 580 g/mol. The van der Waals surface area contributed by atoms with Crippen LogP contribution in [0.2, 0.25) is 0 Å². The Morgan fingerprint density at radius 2 is 0.583 bits per heavy atom. The summed E-state index contributed by atoms with van der Waals surface area (Å²) in [4.78, 5) is 6.03. The molecule has 0 saturated carbocycles. The minimum Gasteiger partial charge on any atom is -0.308 e. The van der Waals surface area contributed by atoms with Gasteiger partial charge in [-0.25, -0.2) is 0 Å². The van der Waals surface area contributed by atoms with Crippen LogP contribution in [0.15, 0.2) is 0 Å². The van der Waals surface area contributed by atoms with Gasteiger partial charge in [-0.2, -0.15) is 0 Å². The fourth-order valence-electron chi connectivity index (χ4n) is 3.88. The third kappa shape index (κ3) is 12.9. The Labute approximate surface area is 217 Å². The molecule has 0 radical (unpaired) electrons. The topological polar surface area (TPSA) is 116 Å². The summed E-state index contributed by atoms with van der Waals surface area (Å²) in [5.74, 6) is 0. The van der Waals surface area contributed by atoms with E-state index in [0.717, 1.165) is 0 Å². The molecule has 0 atom stereocenters. The molecule has 1 aliphatic rings. The van der Waals surface area contributed by atoms with Crippen molar-refractivity contribution in [2.24, 2.45) is 0 Å². The van der Waals surface area contributed by atoms with Crippen LogP contribution in [-0.4, -0.2) is 112 Å². The summed E-state index contributed by atoms with van der Waals surface area (Å²) in [6.07, 6.45) is 0.374. The average Bonchev–Trinajstić information content (AvgIpc) is 2.86. The van der Waals surface area contributed by atoms with Gasteiger partial charge in [0.1, 0.15) is 18.9 Å².